The number of amidine groups is 1. The molecule has 1 aliphatic heterocycles. The van der Waals surface area contributed by atoms with Gasteiger partial charge in [0.05, 0.1) is 13.4 Å². The first-order valence-electron chi connectivity index (χ1n) is 5.19. The lowest BCUT2D eigenvalue weighted by molar-refractivity contribution is 0.0623. The molecule has 0 aliphatic carbocycles. The van der Waals surface area contributed by atoms with Crippen molar-refractivity contribution in [1.29, 1.82) is 0 Å². The highest BCUT2D eigenvalue weighted by Crippen LogP contribution is 2.40. The van der Waals surface area contributed by atoms with Gasteiger partial charge in [-0.3, -0.25) is 0 Å². The zero-order valence-corrected chi connectivity index (χ0v) is 12.0. The van der Waals surface area contributed by atoms with Crippen LogP contribution in [0.4, 0.5) is 0 Å². The van der Waals surface area contributed by atoms with Crippen LogP contribution < -0.4 is 10.1 Å². The molecule has 1 atom stereocenters. The van der Waals surface area contributed by atoms with Crippen LogP contribution in [0.2, 0.25) is 0 Å². The molecule has 0 saturated carbocycles. The minimum absolute atomic E-state index is 0.339. The highest BCUT2D eigenvalue weighted by Gasteiger charge is 2.49. The average molecular weight is 323 g/mol. The van der Waals surface area contributed by atoms with Gasteiger partial charge >= 0.3 is 5.85 Å². The van der Waals surface area contributed by atoms with Gasteiger partial charge in [-0.1, -0.05) is 34.8 Å². The van der Waals surface area contributed by atoms with Crippen molar-refractivity contribution in [1.82, 2.24) is 5.32 Å². The molecule has 19 heavy (non-hydrogen) atoms. The van der Waals surface area contributed by atoms with E-state index in [-0.39, 0.29) is 0 Å². The van der Waals surface area contributed by atoms with E-state index in [9.17, 15) is 5.11 Å². The number of rotatable bonds is 2. The first kappa shape index (κ1) is 14.4. The SMILES string of the molecule is COc1ccc(C2=NC(O)(C(Cl)(Cl)Cl)N=CN2)cc1. The zero-order valence-electron chi connectivity index (χ0n) is 9.77. The number of ether oxygens (including phenoxy) is 1. The van der Waals surface area contributed by atoms with Crippen molar-refractivity contribution in [3.05, 3.63) is 29.8 Å². The average Bonchev–Trinajstić information content (AvgIpc) is 2.38. The van der Waals surface area contributed by atoms with Crippen molar-refractivity contribution in [3.8, 4) is 5.75 Å². The number of halogens is 3. The lowest BCUT2D eigenvalue weighted by atomic mass is 10.2. The van der Waals surface area contributed by atoms with Crippen molar-refractivity contribution in [3.63, 3.8) is 0 Å². The predicted molar refractivity (Wildman–Crippen MR) is 76.4 cm³/mol. The maximum absolute atomic E-state index is 10.1. The highest BCUT2D eigenvalue weighted by molar-refractivity contribution is 6.68. The maximum atomic E-state index is 10.1. The fraction of sp³-hybridized carbons (Fsp3) is 0.273. The van der Waals surface area contributed by atoms with Crippen LogP contribution in [0.3, 0.4) is 0 Å². The predicted octanol–water partition coefficient (Wildman–Crippen LogP) is 2.09. The van der Waals surface area contributed by atoms with E-state index in [2.05, 4.69) is 15.3 Å². The molecule has 1 aromatic rings. The van der Waals surface area contributed by atoms with E-state index >= 15 is 0 Å². The van der Waals surface area contributed by atoms with Crippen molar-refractivity contribution < 1.29 is 9.84 Å². The molecule has 5 nitrogen and oxygen atoms in total. The van der Waals surface area contributed by atoms with Crippen LogP contribution in [0.25, 0.3) is 0 Å². The third kappa shape index (κ3) is 2.95. The summed E-state index contributed by atoms with van der Waals surface area (Å²) in [6.45, 7) is 0. The molecular weight excluding hydrogens is 312 g/mol. The smallest absolute Gasteiger partial charge is 0.306 e. The Kier molecular flexibility index (Phi) is 3.92. The lowest BCUT2D eigenvalue weighted by Crippen LogP contribution is -2.45. The molecule has 0 aromatic heterocycles. The van der Waals surface area contributed by atoms with Crippen LogP contribution in [0, 0.1) is 0 Å². The molecule has 1 aliphatic rings. The number of benzene rings is 1. The summed E-state index contributed by atoms with van der Waals surface area (Å²) in [5, 5.41) is 12.9. The highest BCUT2D eigenvalue weighted by atomic mass is 35.6. The third-order valence-corrected chi connectivity index (χ3v) is 3.22. The number of nitrogens with zero attached hydrogens (tertiary/aromatic N) is 2. The number of nitrogens with one attached hydrogen (secondary N) is 1. The van der Waals surface area contributed by atoms with Gasteiger partial charge in [0.1, 0.15) is 11.6 Å². The molecule has 1 unspecified atom stereocenters. The second-order valence-corrected chi connectivity index (χ2v) is 6.01. The lowest BCUT2D eigenvalue weighted by Gasteiger charge is -2.29. The topological polar surface area (TPSA) is 66.2 Å². The summed E-state index contributed by atoms with van der Waals surface area (Å²) in [6.07, 6.45) is 1.23. The molecule has 0 amide bonds. The zero-order chi connectivity index (χ0) is 14.1. The van der Waals surface area contributed by atoms with E-state index in [1.54, 1.807) is 31.4 Å². The molecule has 2 N–H and O–H groups in total. The fourth-order valence-corrected chi connectivity index (χ4v) is 1.71. The molecule has 0 radical (unpaired) electrons. The van der Waals surface area contributed by atoms with Crippen LogP contribution in [0.5, 0.6) is 5.75 Å². The van der Waals surface area contributed by atoms with E-state index in [4.69, 9.17) is 39.5 Å². The molecule has 0 spiro atoms. The molecule has 1 aromatic carbocycles. The summed E-state index contributed by atoms with van der Waals surface area (Å²) in [4.78, 5) is 7.59. The summed E-state index contributed by atoms with van der Waals surface area (Å²) < 4.78 is 2.99. The molecule has 1 heterocycles. The van der Waals surface area contributed by atoms with Gasteiger partial charge in [-0.05, 0) is 24.3 Å². The standard InChI is InChI=1S/C11H10Cl3N3O2/c1-19-8-4-2-7(3-5-8)9-15-6-16-11(18,17-9)10(12,13)14/h2-6,18H,1H3,(H,15,16,17). The number of methoxy groups -OCH3 is 1. The van der Waals surface area contributed by atoms with Gasteiger partial charge in [-0.2, -0.15) is 0 Å². The summed E-state index contributed by atoms with van der Waals surface area (Å²) in [5.74, 6) is -1.12. The molecule has 2 rings (SSSR count). The van der Waals surface area contributed by atoms with Gasteiger partial charge < -0.3 is 15.2 Å². The van der Waals surface area contributed by atoms with Gasteiger partial charge in [0.2, 0.25) is 0 Å². The van der Waals surface area contributed by atoms with E-state index in [1.807, 2.05) is 0 Å². The monoisotopic (exact) mass is 321 g/mol. The Labute approximate surface area is 124 Å². The molecule has 0 bridgehead atoms. The van der Waals surface area contributed by atoms with E-state index < -0.39 is 9.64 Å². The minimum atomic E-state index is -2.15. The first-order valence-corrected chi connectivity index (χ1v) is 6.33. The Morgan fingerprint density at radius 2 is 1.89 bits per heavy atom. The van der Waals surface area contributed by atoms with E-state index in [0.717, 1.165) is 0 Å². The quantitative estimate of drug-likeness (QED) is 0.819. The third-order valence-electron chi connectivity index (χ3n) is 2.46. The largest absolute Gasteiger partial charge is 0.497 e. The molecule has 0 fully saturated rings. The molecule has 102 valence electrons. The van der Waals surface area contributed by atoms with Crippen LogP contribution >= 0.6 is 34.8 Å². The van der Waals surface area contributed by atoms with Gasteiger partial charge in [-0.25, -0.2) is 9.98 Å². The number of hydrogen-bond donors (Lipinski definition) is 2. The van der Waals surface area contributed by atoms with Gasteiger partial charge in [-0.15, -0.1) is 0 Å². The number of aliphatic imine (C=N–C) groups is 2. The number of alkyl halides is 3. The van der Waals surface area contributed by atoms with Crippen molar-refractivity contribution in [2.45, 2.75) is 9.64 Å². The summed E-state index contributed by atoms with van der Waals surface area (Å²) in [5.41, 5.74) is 0.694. The van der Waals surface area contributed by atoms with Crippen LogP contribution in [-0.2, 0) is 0 Å². The number of aliphatic hydroxyl groups is 1. The van der Waals surface area contributed by atoms with Crippen molar-refractivity contribution in [2.75, 3.05) is 7.11 Å². The first-order chi connectivity index (χ1) is 8.86. The molecular formula is C11H10Cl3N3O2. The second-order valence-electron chi connectivity index (χ2n) is 3.72. The Morgan fingerprint density at radius 1 is 1.26 bits per heavy atom. The minimum Gasteiger partial charge on any atom is -0.497 e. The van der Waals surface area contributed by atoms with Crippen LogP contribution in [0.15, 0.2) is 34.3 Å². The maximum Gasteiger partial charge on any atom is 0.306 e. The Morgan fingerprint density at radius 3 is 2.42 bits per heavy atom. The summed E-state index contributed by atoms with van der Waals surface area (Å²) in [7, 11) is 1.57. The molecule has 0 saturated heterocycles. The second kappa shape index (κ2) is 5.17. The number of hydrogen-bond acceptors (Lipinski definition) is 5. The van der Waals surface area contributed by atoms with Crippen molar-refractivity contribution in [2.24, 2.45) is 9.98 Å². The van der Waals surface area contributed by atoms with E-state index in [1.165, 1.54) is 6.34 Å². The Balaban J connectivity index is 2.34. The summed E-state index contributed by atoms with van der Waals surface area (Å²) in [6, 6.07) is 7.00. The normalized spacial score (nSPS) is 22.7. The molecule has 8 heteroatoms. The Bertz CT molecular complexity index is 525. The van der Waals surface area contributed by atoms with Crippen molar-refractivity contribution >= 4 is 47.0 Å². The van der Waals surface area contributed by atoms with Crippen LogP contribution in [-0.4, -0.2) is 34.0 Å². The van der Waals surface area contributed by atoms with Gasteiger partial charge in [0.15, 0.2) is 0 Å². The van der Waals surface area contributed by atoms with Gasteiger partial charge in [0, 0.05) is 5.56 Å². The fourth-order valence-electron chi connectivity index (χ4n) is 1.43. The summed E-state index contributed by atoms with van der Waals surface area (Å²) >= 11 is 17.0. The Hall–Kier alpha value is -1.01. The van der Waals surface area contributed by atoms with E-state index in [0.29, 0.717) is 17.1 Å². The van der Waals surface area contributed by atoms with Crippen LogP contribution in [0.1, 0.15) is 5.56 Å². The van der Waals surface area contributed by atoms with Gasteiger partial charge in [0.25, 0.3) is 3.79 Å².